The van der Waals surface area contributed by atoms with Gasteiger partial charge in [-0.2, -0.15) is 0 Å². The molecule has 0 bridgehead atoms. The summed E-state index contributed by atoms with van der Waals surface area (Å²) >= 11 is 5.51. The number of pyridine rings is 1. The third-order valence-electron chi connectivity index (χ3n) is 4.29. The number of hydrogen-bond acceptors (Lipinski definition) is 4. The van der Waals surface area contributed by atoms with E-state index in [-0.39, 0.29) is 0 Å². The van der Waals surface area contributed by atoms with Crippen LogP contribution in [0.3, 0.4) is 0 Å². The largest absolute Gasteiger partial charge is 0.478 e. The van der Waals surface area contributed by atoms with Gasteiger partial charge in [-0.1, -0.05) is 0 Å². The molecule has 1 saturated heterocycles. The Bertz CT molecular complexity index is 774. The van der Waals surface area contributed by atoms with Crippen molar-refractivity contribution in [1.82, 2.24) is 9.88 Å². The number of nitrogens with zero attached hydrogens (tertiary/aromatic N) is 3. The van der Waals surface area contributed by atoms with Crippen molar-refractivity contribution in [1.29, 1.82) is 0 Å². The summed E-state index contributed by atoms with van der Waals surface area (Å²) in [5.41, 5.74) is 2.95. The van der Waals surface area contributed by atoms with Crippen molar-refractivity contribution < 1.29 is 9.90 Å². The number of nitrogens with one attached hydrogen (secondary N) is 1. The Morgan fingerprint density at radius 1 is 1.24 bits per heavy atom. The first kappa shape index (κ1) is 17.2. The van der Waals surface area contributed by atoms with Crippen LogP contribution in [-0.4, -0.2) is 52.3 Å². The zero-order valence-corrected chi connectivity index (χ0v) is 14.8. The minimum Gasteiger partial charge on any atom is -0.478 e. The van der Waals surface area contributed by atoms with E-state index in [0.29, 0.717) is 16.2 Å². The van der Waals surface area contributed by atoms with Gasteiger partial charge in [0.25, 0.3) is 0 Å². The molecule has 0 amide bonds. The van der Waals surface area contributed by atoms with Crippen molar-refractivity contribution in [3.8, 4) is 0 Å². The Balaban J connectivity index is 1.58. The SMILES string of the molecule is Cc1cc(NC(=S)N2CCN(c3cccnc3)CC2)ccc1C(=O)O. The first-order chi connectivity index (χ1) is 12.0. The van der Waals surface area contributed by atoms with Crippen LogP contribution in [-0.2, 0) is 0 Å². The fourth-order valence-electron chi connectivity index (χ4n) is 2.89. The Kier molecular flexibility index (Phi) is 5.14. The number of carbonyl (C=O) groups is 1. The van der Waals surface area contributed by atoms with Crippen LogP contribution in [0.25, 0.3) is 0 Å². The maximum atomic E-state index is 11.1. The smallest absolute Gasteiger partial charge is 0.335 e. The van der Waals surface area contributed by atoms with Gasteiger partial charge in [0.2, 0.25) is 0 Å². The highest BCUT2D eigenvalue weighted by Crippen LogP contribution is 2.18. The maximum Gasteiger partial charge on any atom is 0.335 e. The molecule has 0 atom stereocenters. The molecule has 1 aromatic carbocycles. The summed E-state index contributed by atoms with van der Waals surface area (Å²) in [7, 11) is 0. The highest BCUT2D eigenvalue weighted by Gasteiger charge is 2.19. The monoisotopic (exact) mass is 356 g/mol. The molecule has 7 heteroatoms. The van der Waals surface area contributed by atoms with Gasteiger partial charge in [-0.3, -0.25) is 4.98 Å². The molecular formula is C18H20N4O2S. The Morgan fingerprint density at radius 3 is 2.60 bits per heavy atom. The second kappa shape index (κ2) is 7.48. The average Bonchev–Trinajstić information content (AvgIpc) is 2.62. The first-order valence-corrected chi connectivity index (χ1v) is 8.50. The number of anilines is 2. The molecule has 1 aromatic heterocycles. The van der Waals surface area contributed by atoms with E-state index in [1.54, 1.807) is 25.3 Å². The zero-order chi connectivity index (χ0) is 17.8. The minimum absolute atomic E-state index is 0.307. The van der Waals surface area contributed by atoms with Crippen LogP contribution < -0.4 is 10.2 Å². The van der Waals surface area contributed by atoms with E-state index in [1.807, 2.05) is 18.3 Å². The molecule has 1 aliphatic rings. The molecule has 130 valence electrons. The van der Waals surface area contributed by atoms with Gasteiger partial charge in [-0.25, -0.2) is 4.79 Å². The van der Waals surface area contributed by atoms with E-state index in [4.69, 9.17) is 17.3 Å². The predicted molar refractivity (Wildman–Crippen MR) is 102 cm³/mol. The molecule has 1 aliphatic heterocycles. The van der Waals surface area contributed by atoms with Gasteiger partial charge in [0, 0.05) is 38.1 Å². The number of aryl methyl sites for hydroxylation is 1. The molecule has 2 heterocycles. The zero-order valence-electron chi connectivity index (χ0n) is 14.0. The molecule has 1 fully saturated rings. The highest BCUT2D eigenvalue weighted by atomic mass is 32.1. The lowest BCUT2D eigenvalue weighted by Crippen LogP contribution is -2.50. The van der Waals surface area contributed by atoms with Crippen LogP contribution in [0.15, 0.2) is 42.7 Å². The summed E-state index contributed by atoms with van der Waals surface area (Å²) in [5.74, 6) is -0.918. The van der Waals surface area contributed by atoms with Crippen molar-refractivity contribution in [3.63, 3.8) is 0 Å². The first-order valence-electron chi connectivity index (χ1n) is 8.09. The Hall–Kier alpha value is -2.67. The van der Waals surface area contributed by atoms with Crippen LogP contribution in [0, 0.1) is 6.92 Å². The molecular weight excluding hydrogens is 336 g/mol. The van der Waals surface area contributed by atoms with Gasteiger partial charge in [-0.05, 0) is 55.0 Å². The second-order valence-electron chi connectivity index (χ2n) is 5.95. The van der Waals surface area contributed by atoms with E-state index >= 15 is 0 Å². The van der Waals surface area contributed by atoms with E-state index in [1.165, 1.54) is 0 Å². The maximum absolute atomic E-state index is 11.1. The lowest BCUT2D eigenvalue weighted by atomic mass is 10.1. The van der Waals surface area contributed by atoms with Crippen LogP contribution in [0.5, 0.6) is 0 Å². The van der Waals surface area contributed by atoms with E-state index in [0.717, 1.165) is 37.6 Å². The van der Waals surface area contributed by atoms with Gasteiger partial charge in [-0.15, -0.1) is 0 Å². The number of carboxylic acids is 1. The van der Waals surface area contributed by atoms with Gasteiger partial charge in [0.1, 0.15) is 0 Å². The van der Waals surface area contributed by atoms with E-state index in [2.05, 4.69) is 26.2 Å². The average molecular weight is 356 g/mol. The molecule has 0 radical (unpaired) electrons. The summed E-state index contributed by atoms with van der Waals surface area (Å²) in [6, 6.07) is 9.16. The third kappa shape index (κ3) is 4.06. The number of thiocarbonyl (C=S) groups is 1. The molecule has 25 heavy (non-hydrogen) atoms. The summed E-state index contributed by atoms with van der Waals surface area (Å²) < 4.78 is 0. The number of piperazine rings is 1. The second-order valence-corrected chi connectivity index (χ2v) is 6.34. The fraction of sp³-hybridized carbons (Fsp3) is 0.278. The van der Waals surface area contributed by atoms with Gasteiger partial charge < -0.3 is 20.2 Å². The summed E-state index contributed by atoms with van der Waals surface area (Å²) in [4.78, 5) is 19.7. The van der Waals surface area contributed by atoms with Gasteiger partial charge in [0.15, 0.2) is 5.11 Å². The molecule has 6 nitrogen and oxygen atoms in total. The van der Waals surface area contributed by atoms with Crippen LogP contribution in [0.1, 0.15) is 15.9 Å². The lowest BCUT2D eigenvalue weighted by Gasteiger charge is -2.37. The molecule has 2 aromatic rings. The third-order valence-corrected chi connectivity index (χ3v) is 4.65. The molecule has 0 saturated carbocycles. The normalized spacial score (nSPS) is 14.3. The molecule has 2 N–H and O–H groups in total. The van der Waals surface area contributed by atoms with Crippen molar-refractivity contribution >= 4 is 34.7 Å². The summed E-state index contributed by atoms with van der Waals surface area (Å²) in [6.45, 7) is 5.19. The Labute approximate surface area is 152 Å². The fourth-order valence-corrected chi connectivity index (χ4v) is 3.19. The van der Waals surface area contributed by atoms with Crippen LogP contribution in [0.2, 0.25) is 0 Å². The van der Waals surface area contributed by atoms with Crippen LogP contribution in [0.4, 0.5) is 11.4 Å². The van der Waals surface area contributed by atoms with Crippen molar-refractivity contribution in [2.24, 2.45) is 0 Å². The minimum atomic E-state index is -0.918. The number of carboxylic acid groups (broad SMARTS) is 1. The van der Waals surface area contributed by atoms with Crippen LogP contribution >= 0.6 is 12.2 Å². The quantitative estimate of drug-likeness (QED) is 0.819. The van der Waals surface area contributed by atoms with Gasteiger partial charge >= 0.3 is 5.97 Å². The molecule has 3 rings (SSSR count). The molecule has 0 aliphatic carbocycles. The van der Waals surface area contributed by atoms with Gasteiger partial charge in [0.05, 0.1) is 17.4 Å². The number of aromatic nitrogens is 1. The topological polar surface area (TPSA) is 68.7 Å². The number of rotatable bonds is 3. The molecule has 0 spiro atoms. The number of hydrogen-bond donors (Lipinski definition) is 2. The Morgan fingerprint density at radius 2 is 2.00 bits per heavy atom. The molecule has 0 unspecified atom stereocenters. The standard InChI is InChI=1S/C18H20N4O2S/c1-13-11-14(4-5-16(13)17(23)24)20-18(25)22-9-7-21(8-10-22)15-3-2-6-19-12-15/h2-6,11-12H,7-10H2,1H3,(H,20,25)(H,23,24). The predicted octanol–water partition coefficient (Wildman–Crippen LogP) is 2.61. The van der Waals surface area contributed by atoms with Crippen molar-refractivity contribution in [2.75, 3.05) is 36.4 Å². The lowest BCUT2D eigenvalue weighted by molar-refractivity contribution is 0.0696. The van der Waals surface area contributed by atoms with E-state index < -0.39 is 5.97 Å². The summed E-state index contributed by atoms with van der Waals surface area (Å²) in [6.07, 6.45) is 3.65. The number of aromatic carboxylic acids is 1. The van der Waals surface area contributed by atoms with Crippen molar-refractivity contribution in [2.45, 2.75) is 6.92 Å². The highest BCUT2D eigenvalue weighted by molar-refractivity contribution is 7.80. The van der Waals surface area contributed by atoms with E-state index in [9.17, 15) is 4.79 Å². The summed E-state index contributed by atoms with van der Waals surface area (Å²) in [5, 5.41) is 13.0. The van der Waals surface area contributed by atoms with Crippen molar-refractivity contribution in [3.05, 3.63) is 53.9 Å². The number of benzene rings is 1.